The topological polar surface area (TPSA) is 44.3 Å². The number of aromatic nitrogens is 1. The van der Waals surface area contributed by atoms with Crippen molar-refractivity contribution in [2.24, 2.45) is 0 Å². The van der Waals surface area contributed by atoms with Gasteiger partial charge in [-0.3, -0.25) is 5.21 Å². The summed E-state index contributed by atoms with van der Waals surface area (Å²) in [5.41, 5.74) is 2.01. The highest BCUT2D eigenvalue weighted by molar-refractivity contribution is 5.69. The van der Waals surface area contributed by atoms with Gasteiger partial charge in [-0.05, 0) is 23.3 Å². The summed E-state index contributed by atoms with van der Waals surface area (Å²) in [5.74, 6) is 0.262. The van der Waals surface area contributed by atoms with Crippen molar-refractivity contribution in [3.05, 3.63) is 59.9 Å². The Morgan fingerprint density at radius 3 is 1.88 bits per heavy atom. The molecule has 0 fully saturated rings. The minimum atomic E-state index is 0.262. The summed E-state index contributed by atoms with van der Waals surface area (Å²) in [6, 6.07) is 10.6. The highest BCUT2D eigenvalue weighted by Gasteiger charge is 1.94. The van der Waals surface area contributed by atoms with E-state index >= 15 is 0 Å². The second kappa shape index (κ2) is 4.49. The second-order valence-corrected chi connectivity index (χ2v) is 3.44. The van der Waals surface area contributed by atoms with Crippen LogP contribution in [0.3, 0.4) is 0 Å². The van der Waals surface area contributed by atoms with Gasteiger partial charge in [-0.15, -0.1) is 0 Å². The van der Waals surface area contributed by atoms with E-state index in [1.165, 1.54) is 0 Å². The third-order valence-electron chi connectivity index (χ3n) is 2.20. The fraction of sp³-hybridized carbons (Fsp3) is 0. The number of phenols is 1. The van der Waals surface area contributed by atoms with Crippen LogP contribution in [0.25, 0.3) is 12.2 Å². The first-order chi connectivity index (χ1) is 7.74. The van der Waals surface area contributed by atoms with Gasteiger partial charge < -0.3 is 5.11 Å². The van der Waals surface area contributed by atoms with Crippen LogP contribution >= 0.6 is 0 Å². The molecule has 1 aromatic heterocycles. The molecule has 0 unspecified atom stereocenters. The highest BCUT2D eigenvalue weighted by atomic mass is 16.5. The van der Waals surface area contributed by atoms with E-state index in [1.54, 1.807) is 36.7 Å². The number of hydrogen-bond donors (Lipinski definition) is 2. The fourth-order valence-corrected chi connectivity index (χ4v) is 1.32. The first kappa shape index (κ1) is 10.2. The zero-order valence-corrected chi connectivity index (χ0v) is 8.62. The van der Waals surface area contributed by atoms with Crippen molar-refractivity contribution in [3.63, 3.8) is 0 Å². The van der Waals surface area contributed by atoms with E-state index < -0.39 is 0 Å². The molecule has 0 aliphatic rings. The smallest absolute Gasteiger partial charge is 0.222 e. The van der Waals surface area contributed by atoms with Crippen LogP contribution in [0.5, 0.6) is 5.75 Å². The van der Waals surface area contributed by atoms with E-state index in [-0.39, 0.29) is 5.75 Å². The normalized spacial score (nSPS) is 10.8. The molecule has 2 rings (SSSR count). The molecule has 0 saturated heterocycles. The van der Waals surface area contributed by atoms with E-state index in [0.717, 1.165) is 15.9 Å². The predicted molar refractivity (Wildman–Crippen MR) is 60.9 cm³/mol. The molecule has 3 heteroatoms. The van der Waals surface area contributed by atoms with Crippen LogP contribution in [0.15, 0.2) is 48.8 Å². The van der Waals surface area contributed by atoms with Crippen molar-refractivity contribution in [1.82, 2.24) is 0 Å². The third kappa shape index (κ3) is 2.60. The largest absolute Gasteiger partial charge is 0.508 e. The van der Waals surface area contributed by atoms with Crippen LogP contribution in [0.4, 0.5) is 0 Å². The van der Waals surface area contributed by atoms with Gasteiger partial charge in [0.25, 0.3) is 0 Å². The van der Waals surface area contributed by atoms with E-state index in [4.69, 9.17) is 10.3 Å². The predicted octanol–water partition coefficient (Wildman–Crippen LogP) is 2.09. The maximum absolute atomic E-state index is 9.12. The molecule has 0 bridgehead atoms. The lowest BCUT2D eigenvalue weighted by atomic mass is 10.1. The Bertz CT molecular complexity index is 439. The van der Waals surface area contributed by atoms with Gasteiger partial charge in [0.2, 0.25) is 12.4 Å². The molecule has 1 heterocycles. The molecule has 2 N–H and O–H groups in total. The molecular formula is C13H12NO2+. The quantitative estimate of drug-likeness (QED) is 0.594. The van der Waals surface area contributed by atoms with Gasteiger partial charge in [0.1, 0.15) is 5.75 Å². The summed E-state index contributed by atoms with van der Waals surface area (Å²) in [7, 11) is 0. The van der Waals surface area contributed by atoms with E-state index in [2.05, 4.69) is 0 Å². The van der Waals surface area contributed by atoms with Crippen LogP contribution in [0.2, 0.25) is 0 Å². The molecule has 0 radical (unpaired) electrons. The van der Waals surface area contributed by atoms with Gasteiger partial charge in [0.05, 0.1) is 0 Å². The Balaban J connectivity index is 2.15. The van der Waals surface area contributed by atoms with Gasteiger partial charge in [0, 0.05) is 16.9 Å². The summed E-state index contributed by atoms with van der Waals surface area (Å²) in [6.45, 7) is 0. The molecule has 0 saturated carbocycles. The van der Waals surface area contributed by atoms with E-state index in [1.807, 2.05) is 24.3 Å². The van der Waals surface area contributed by atoms with Crippen molar-refractivity contribution in [2.45, 2.75) is 0 Å². The van der Waals surface area contributed by atoms with Crippen molar-refractivity contribution in [3.8, 4) is 5.75 Å². The number of aromatic hydroxyl groups is 1. The summed E-state index contributed by atoms with van der Waals surface area (Å²) in [5, 5.41) is 18.2. The number of phenolic OH excluding ortho intramolecular Hbond substituents is 1. The molecule has 0 spiro atoms. The molecular weight excluding hydrogens is 202 g/mol. The molecule has 16 heavy (non-hydrogen) atoms. The Kier molecular flexibility index (Phi) is 2.87. The Morgan fingerprint density at radius 1 is 0.812 bits per heavy atom. The molecule has 0 aliphatic heterocycles. The lowest BCUT2D eigenvalue weighted by Gasteiger charge is -1.94. The van der Waals surface area contributed by atoms with E-state index in [0.29, 0.717) is 0 Å². The number of hydrogen-bond acceptors (Lipinski definition) is 2. The SMILES string of the molecule is Oc1ccc(/C=C/c2cc[n+](O)cc2)cc1. The molecule has 0 amide bonds. The van der Waals surface area contributed by atoms with Gasteiger partial charge in [-0.25, -0.2) is 0 Å². The summed E-state index contributed by atoms with van der Waals surface area (Å²) >= 11 is 0. The maximum Gasteiger partial charge on any atom is 0.222 e. The molecule has 1 aromatic carbocycles. The van der Waals surface area contributed by atoms with Crippen LogP contribution in [0.1, 0.15) is 11.1 Å². The third-order valence-corrected chi connectivity index (χ3v) is 2.20. The Morgan fingerprint density at radius 2 is 1.31 bits per heavy atom. The summed E-state index contributed by atoms with van der Waals surface area (Å²) in [6.07, 6.45) is 7.01. The molecule has 2 aromatic rings. The van der Waals surface area contributed by atoms with Crippen molar-refractivity contribution < 1.29 is 15.0 Å². The van der Waals surface area contributed by atoms with Crippen LogP contribution in [0, 0.1) is 0 Å². The minimum Gasteiger partial charge on any atom is -0.508 e. The Hall–Kier alpha value is -2.29. The van der Waals surface area contributed by atoms with Crippen molar-refractivity contribution in [2.75, 3.05) is 0 Å². The van der Waals surface area contributed by atoms with Crippen LogP contribution in [-0.2, 0) is 0 Å². The second-order valence-electron chi connectivity index (χ2n) is 3.44. The number of benzene rings is 1. The zero-order valence-electron chi connectivity index (χ0n) is 8.62. The summed E-state index contributed by atoms with van der Waals surface area (Å²) < 4.78 is 0.998. The average Bonchev–Trinajstić information content (AvgIpc) is 2.30. The number of nitrogens with zero attached hydrogens (tertiary/aromatic N) is 1. The van der Waals surface area contributed by atoms with Crippen LogP contribution < -0.4 is 4.73 Å². The zero-order chi connectivity index (χ0) is 11.4. The lowest BCUT2D eigenvalue weighted by Crippen LogP contribution is -2.27. The van der Waals surface area contributed by atoms with Gasteiger partial charge >= 0.3 is 0 Å². The maximum atomic E-state index is 9.12. The first-order valence-corrected chi connectivity index (χ1v) is 4.92. The molecule has 0 atom stereocenters. The lowest BCUT2D eigenvalue weighted by molar-refractivity contribution is -0.904. The minimum absolute atomic E-state index is 0.262. The average molecular weight is 214 g/mol. The standard InChI is InChI=1S/C13H11NO2/c15-13-5-3-11(4-6-13)1-2-12-7-9-14(16)10-8-12/h1-10,16H/p+1. The number of pyridine rings is 1. The molecule has 0 aliphatic carbocycles. The monoisotopic (exact) mass is 214 g/mol. The Labute approximate surface area is 93.5 Å². The summed E-state index contributed by atoms with van der Waals surface area (Å²) in [4.78, 5) is 0. The fourth-order valence-electron chi connectivity index (χ4n) is 1.32. The molecule has 3 nitrogen and oxygen atoms in total. The van der Waals surface area contributed by atoms with Gasteiger partial charge in [-0.1, -0.05) is 24.3 Å². The van der Waals surface area contributed by atoms with Crippen molar-refractivity contribution in [1.29, 1.82) is 0 Å². The van der Waals surface area contributed by atoms with Crippen molar-refractivity contribution >= 4 is 12.2 Å². The highest BCUT2D eigenvalue weighted by Crippen LogP contribution is 2.12. The first-order valence-electron chi connectivity index (χ1n) is 4.92. The number of rotatable bonds is 2. The van der Waals surface area contributed by atoms with Gasteiger partial charge in [0.15, 0.2) is 0 Å². The molecule has 80 valence electrons. The van der Waals surface area contributed by atoms with Gasteiger partial charge in [-0.2, -0.15) is 0 Å². The van der Waals surface area contributed by atoms with E-state index in [9.17, 15) is 0 Å². The van der Waals surface area contributed by atoms with Crippen LogP contribution in [-0.4, -0.2) is 10.3 Å².